The van der Waals surface area contributed by atoms with Gasteiger partial charge in [0.2, 0.25) is 0 Å². The average Bonchev–Trinajstić information content (AvgIpc) is 2.62. The van der Waals surface area contributed by atoms with Crippen molar-refractivity contribution in [3.8, 4) is 5.75 Å². The molecule has 132 valence electrons. The number of rotatable bonds is 8. The number of hydrogen-bond acceptors (Lipinski definition) is 4. The van der Waals surface area contributed by atoms with E-state index in [1.807, 2.05) is 42.5 Å². The minimum absolute atomic E-state index is 0.318. The molecule has 0 radical (unpaired) electrons. The number of benzene rings is 2. The van der Waals surface area contributed by atoms with E-state index in [2.05, 4.69) is 11.9 Å². The fraction of sp³-hybridized carbons (Fsp3) is 0.250. The van der Waals surface area contributed by atoms with Gasteiger partial charge in [-0.2, -0.15) is 0 Å². The van der Waals surface area contributed by atoms with Crippen LogP contribution in [0.3, 0.4) is 0 Å². The molecule has 1 N–H and O–H groups in total. The molecule has 4 nitrogen and oxygen atoms in total. The van der Waals surface area contributed by atoms with Crippen molar-refractivity contribution in [2.45, 2.75) is 19.4 Å². The minimum atomic E-state index is -0.558. The number of halogens is 1. The van der Waals surface area contributed by atoms with E-state index in [1.165, 1.54) is 0 Å². The Morgan fingerprint density at radius 1 is 1.20 bits per heavy atom. The van der Waals surface area contributed by atoms with Gasteiger partial charge in [-0.3, -0.25) is 0 Å². The summed E-state index contributed by atoms with van der Waals surface area (Å²) in [5.41, 5.74) is 2.32. The van der Waals surface area contributed by atoms with Crippen LogP contribution in [0.5, 0.6) is 5.75 Å². The Bertz CT molecular complexity index is 728. The smallest absolute Gasteiger partial charge is 0.328 e. The molecule has 0 aliphatic rings. The van der Waals surface area contributed by atoms with Crippen molar-refractivity contribution in [2.24, 2.45) is 0 Å². The van der Waals surface area contributed by atoms with Crippen LogP contribution in [0.25, 0.3) is 5.70 Å². The van der Waals surface area contributed by atoms with Gasteiger partial charge < -0.3 is 14.8 Å². The lowest BCUT2D eigenvalue weighted by atomic mass is 10.0. The minimum Gasteiger partial charge on any atom is -0.497 e. The number of ether oxygens (including phenoxy) is 2. The van der Waals surface area contributed by atoms with Crippen LogP contribution in [0.4, 0.5) is 0 Å². The van der Waals surface area contributed by atoms with Crippen LogP contribution in [0.1, 0.15) is 18.1 Å². The number of hydrogen-bond donors (Lipinski definition) is 1. The average molecular weight is 360 g/mol. The van der Waals surface area contributed by atoms with Crippen LogP contribution in [0.15, 0.2) is 55.1 Å². The molecule has 0 heterocycles. The van der Waals surface area contributed by atoms with E-state index in [0.717, 1.165) is 16.9 Å². The molecule has 0 aliphatic carbocycles. The monoisotopic (exact) mass is 359 g/mol. The van der Waals surface area contributed by atoms with E-state index >= 15 is 0 Å². The van der Waals surface area contributed by atoms with E-state index < -0.39 is 6.04 Å². The normalized spacial score (nSPS) is 11.5. The van der Waals surface area contributed by atoms with Crippen molar-refractivity contribution < 1.29 is 14.3 Å². The maximum atomic E-state index is 12.3. The Hall–Kier alpha value is -2.46. The second kappa shape index (κ2) is 9.14. The van der Waals surface area contributed by atoms with Gasteiger partial charge in [0.1, 0.15) is 11.8 Å². The summed E-state index contributed by atoms with van der Waals surface area (Å²) in [4.78, 5) is 12.3. The van der Waals surface area contributed by atoms with Gasteiger partial charge >= 0.3 is 5.97 Å². The molecule has 0 saturated carbocycles. The number of carbonyl (C=O) groups excluding carboxylic acids is 1. The Labute approximate surface area is 153 Å². The molecule has 1 unspecified atom stereocenters. The van der Waals surface area contributed by atoms with Crippen molar-refractivity contribution in [1.82, 2.24) is 5.32 Å². The second-order valence-corrected chi connectivity index (χ2v) is 5.87. The van der Waals surface area contributed by atoms with Gasteiger partial charge in [0.05, 0.1) is 13.7 Å². The molecule has 1 atom stereocenters. The highest BCUT2D eigenvalue weighted by Gasteiger charge is 2.21. The van der Waals surface area contributed by atoms with Gasteiger partial charge in [-0.1, -0.05) is 48.5 Å². The Kier molecular flexibility index (Phi) is 6.90. The lowest BCUT2D eigenvalue weighted by Crippen LogP contribution is -2.38. The summed E-state index contributed by atoms with van der Waals surface area (Å²) in [6.07, 6.45) is 0.465. The van der Waals surface area contributed by atoms with Crippen LogP contribution in [0, 0.1) is 0 Å². The molecule has 0 saturated heterocycles. The molecule has 0 fully saturated rings. The van der Waals surface area contributed by atoms with Crippen LogP contribution in [-0.2, 0) is 16.0 Å². The number of nitrogens with one attached hydrogen (secondary N) is 1. The highest BCUT2D eigenvalue weighted by Crippen LogP contribution is 2.22. The van der Waals surface area contributed by atoms with E-state index in [1.54, 1.807) is 20.1 Å². The number of methoxy groups -OCH3 is 1. The number of carbonyl (C=O) groups is 1. The van der Waals surface area contributed by atoms with Gasteiger partial charge in [-0.05, 0) is 30.7 Å². The van der Waals surface area contributed by atoms with E-state index in [-0.39, 0.29) is 5.97 Å². The molecule has 0 amide bonds. The third-order valence-corrected chi connectivity index (χ3v) is 4.05. The molecule has 0 bridgehead atoms. The van der Waals surface area contributed by atoms with E-state index in [9.17, 15) is 4.79 Å². The van der Waals surface area contributed by atoms with Gasteiger partial charge in [0.15, 0.2) is 0 Å². The largest absolute Gasteiger partial charge is 0.497 e. The van der Waals surface area contributed by atoms with Crippen LogP contribution in [0.2, 0.25) is 5.02 Å². The summed E-state index contributed by atoms with van der Waals surface area (Å²) in [7, 11) is 1.62. The van der Waals surface area contributed by atoms with Crippen LogP contribution in [-0.4, -0.2) is 25.7 Å². The van der Waals surface area contributed by atoms with Crippen molar-refractivity contribution in [1.29, 1.82) is 0 Å². The van der Waals surface area contributed by atoms with Crippen LogP contribution < -0.4 is 10.1 Å². The molecule has 0 aliphatic heterocycles. The van der Waals surface area contributed by atoms with Gasteiger partial charge in [0, 0.05) is 22.7 Å². The summed E-state index contributed by atoms with van der Waals surface area (Å²) < 4.78 is 10.3. The molecular formula is C20H22ClNO3. The van der Waals surface area contributed by atoms with E-state index in [0.29, 0.717) is 23.7 Å². The molecular weight excluding hydrogens is 338 g/mol. The predicted octanol–water partition coefficient (Wildman–Crippen LogP) is 4.08. The van der Waals surface area contributed by atoms with Crippen molar-refractivity contribution >= 4 is 23.3 Å². The first-order valence-corrected chi connectivity index (χ1v) is 8.42. The highest BCUT2D eigenvalue weighted by atomic mass is 35.5. The Morgan fingerprint density at radius 2 is 1.88 bits per heavy atom. The summed E-state index contributed by atoms with van der Waals surface area (Å²) in [6.45, 7) is 6.11. The Balaban J connectivity index is 2.16. The molecule has 25 heavy (non-hydrogen) atoms. The van der Waals surface area contributed by atoms with Gasteiger partial charge in [0.25, 0.3) is 0 Å². The standard InChI is InChI=1S/C20H22ClNO3/c1-4-25-20(23)19(13-15-9-11-16(24-3)12-10-15)22-14(2)17-7-5-6-8-18(17)21/h5-12,19,22H,2,4,13H2,1,3H3. The van der Waals surface area contributed by atoms with E-state index in [4.69, 9.17) is 21.1 Å². The molecule has 0 spiro atoms. The highest BCUT2D eigenvalue weighted by molar-refractivity contribution is 6.32. The summed E-state index contributed by atoms with van der Waals surface area (Å²) in [5.74, 6) is 0.441. The zero-order valence-corrected chi connectivity index (χ0v) is 15.2. The topological polar surface area (TPSA) is 47.6 Å². The van der Waals surface area contributed by atoms with Crippen molar-refractivity contribution in [3.63, 3.8) is 0 Å². The zero-order valence-electron chi connectivity index (χ0n) is 14.4. The molecule has 2 aromatic carbocycles. The van der Waals surface area contributed by atoms with Crippen LogP contribution >= 0.6 is 11.6 Å². The molecule has 2 rings (SSSR count). The first kappa shape index (κ1) is 18.9. The Morgan fingerprint density at radius 3 is 2.48 bits per heavy atom. The maximum absolute atomic E-state index is 12.3. The lowest BCUT2D eigenvalue weighted by molar-refractivity contribution is -0.145. The third kappa shape index (κ3) is 5.26. The van der Waals surface area contributed by atoms with Crippen molar-refractivity contribution in [2.75, 3.05) is 13.7 Å². The predicted molar refractivity (Wildman–Crippen MR) is 101 cm³/mol. The van der Waals surface area contributed by atoms with Crippen molar-refractivity contribution in [3.05, 3.63) is 71.3 Å². The van der Waals surface area contributed by atoms with Gasteiger partial charge in [-0.15, -0.1) is 0 Å². The first-order chi connectivity index (χ1) is 12.0. The number of esters is 1. The maximum Gasteiger partial charge on any atom is 0.328 e. The molecule has 5 heteroatoms. The summed E-state index contributed by atoms with van der Waals surface area (Å²) >= 11 is 6.21. The second-order valence-electron chi connectivity index (χ2n) is 5.46. The SMILES string of the molecule is C=C(NC(Cc1ccc(OC)cc1)C(=O)OCC)c1ccccc1Cl. The fourth-order valence-corrected chi connectivity index (χ4v) is 2.68. The molecule has 2 aromatic rings. The summed E-state index contributed by atoms with van der Waals surface area (Å²) in [6, 6.07) is 14.4. The zero-order chi connectivity index (χ0) is 18.2. The van der Waals surface area contributed by atoms with Gasteiger partial charge in [-0.25, -0.2) is 4.79 Å². The summed E-state index contributed by atoms with van der Waals surface area (Å²) in [5, 5.41) is 3.73. The quantitative estimate of drug-likeness (QED) is 0.721. The molecule has 0 aromatic heterocycles. The first-order valence-electron chi connectivity index (χ1n) is 8.05. The third-order valence-electron chi connectivity index (χ3n) is 3.72. The lowest BCUT2D eigenvalue weighted by Gasteiger charge is -2.20. The fourth-order valence-electron chi connectivity index (χ4n) is 2.43.